The lowest BCUT2D eigenvalue weighted by Gasteiger charge is -2.06. The monoisotopic (exact) mass is 282 g/mol. The molecule has 0 fully saturated rings. The van der Waals surface area contributed by atoms with Crippen molar-refractivity contribution in [3.05, 3.63) is 40.0 Å². The highest BCUT2D eigenvalue weighted by Gasteiger charge is 2.17. The van der Waals surface area contributed by atoms with Gasteiger partial charge in [-0.2, -0.15) is 4.37 Å². The summed E-state index contributed by atoms with van der Waals surface area (Å²) < 4.78 is 4.04. The third-order valence-electron chi connectivity index (χ3n) is 2.51. The first-order chi connectivity index (χ1) is 8.49. The molecule has 94 valence electrons. The third kappa shape index (κ3) is 2.47. The van der Waals surface area contributed by atoms with Crippen LogP contribution in [0.4, 0.5) is 10.7 Å². The van der Waals surface area contributed by atoms with Crippen molar-refractivity contribution in [1.29, 1.82) is 0 Å². The summed E-state index contributed by atoms with van der Waals surface area (Å²) in [5.74, 6) is -0.984. The van der Waals surface area contributed by atoms with E-state index in [0.717, 1.165) is 22.8 Å². The number of aromatic carboxylic acids is 1. The average Bonchev–Trinajstić information content (AvgIpc) is 2.65. The van der Waals surface area contributed by atoms with E-state index in [-0.39, 0.29) is 5.56 Å². The number of carbonyl (C=O) groups is 1. The number of aromatic nitrogens is 1. The third-order valence-corrected chi connectivity index (χ3v) is 3.77. The second-order valence-electron chi connectivity index (χ2n) is 3.87. The molecule has 2 N–H and O–H groups in total. The molecule has 0 amide bonds. The number of carboxylic acid groups (broad SMARTS) is 1. The lowest BCUT2D eigenvalue weighted by Crippen LogP contribution is -2.01. The minimum Gasteiger partial charge on any atom is -0.478 e. The van der Waals surface area contributed by atoms with Crippen molar-refractivity contribution in [2.24, 2.45) is 0 Å². The molecule has 1 aromatic carbocycles. The summed E-state index contributed by atoms with van der Waals surface area (Å²) in [6, 6.07) is 5.48. The standard InChI is InChI=1S/C12H11ClN2O2S/c1-6-3-4-8(5-9(6)13)14-11-10(12(16)17)7(2)15-18-11/h3-5,14H,1-2H3,(H,16,17). The number of benzene rings is 1. The zero-order valence-electron chi connectivity index (χ0n) is 9.82. The average molecular weight is 283 g/mol. The number of anilines is 2. The maximum atomic E-state index is 11.1. The number of carboxylic acids is 1. The minimum absolute atomic E-state index is 0.205. The fourth-order valence-corrected chi connectivity index (χ4v) is 2.50. The molecule has 0 saturated heterocycles. The first-order valence-corrected chi connectivity index (χ1v) is 6.37. The first kappa shape index (κ1) is 12.9. The van der Waals surface area contributed by atoms with Crippen molar-refractivity contribution in [3.63, 3.8) is 0 Å². The van der Waals surface area contributed by atoms with E-state index in [0.29, 0.717) is 15.7 Å². The molecule has 0 spiro atoms. The van der Waals surface area contributed by atoms with Crippen molar-refractivity contribution >= 4 is 39.8 Å². The largest absolute Gasteiger partial charge is 0.478 e. The molecular weight excluding hydrogens is 272 g/mol. The van der Waals surface area contributed by atoms with Crippen molar-refractivity contribution in [2.45, 2.75) is 13.8 Å². The Morgan fingerprint density at radius 3 is 2.78 bits per heavy atom. The van der Waals surface area contributed by atoms with Gasteiger partial charge in [-0.3, -0.25) is 0 Å². The fourth-order valence-electron chi connectivity index (χ4n) is 1.51. The molecule has 0 radical (unpaired) electrons. The van der Waals surface area contributed by atoms with Crippen LogP contribution in [0.2, 0.25) is 5.02 Å². The van der Waals surface area contributed by atoms with Crippen LogP contribution in [0.25, 0.3) is 0 Å². The molecule has 0 atom stereocenters. The molecule has 0 aliphatic carbocycles. The molecule has 0 aliphatic heterocycles. The summed E-state index contributed by atoms with van der Waals surface area (Å²) in [7, 11) is 0. The van der Waals surface area contributed by atoms with Crippen molar-refractivity contribution in [2.75, 3.05) is 5.32 Å². The van der Waals surface area contributed by atoms with Gasteiger partial charge in [-0.15, -0.1) is 0 Å². The summed E-state index contributed by atoms with van der Waals surface area (Å²) in [6.45, 7) is 3.58. The van der Waals surface area contributed by atoms with Gasteiger partial charge >= 0.3 is 5.97 Å². The number of nitrogens with zero attached hydrogens (tertiary/aromatic N) is 1. The van der Waals surface area contributed by atoms with Crippen molar-refractivity contribution in [1.82, 2.24) is 4.37 Å². The quantitative estimate of drug-likeness (QED) is 0.897. The van der Waals surface area contributed by atoms with Crippen LogP contribution in [0.3, 0.4) is 0 Å². The molecule has 6 heteroatoms. The Balaban J connectivity index is 2.34. The van der Waals surface area contributed by atoms with Crippen LogP contribution >= 0.6 is 23.1 Å². The highest BCUT2D eigenvalue weighted by Crippen LogP contribution is 2.29. The summed E-state index contributed by atoms with van der Waals surface area (Å²) in [5, 5.41) is 13.3. The Morgan fingerprint density at radius 2 is 2.17 bits per heavy atom. The van der Waals surface area contributed by atoms with Gasteiger partial charge in [0, 0.05) is 10.7 Å². The van der Waals surface area contributed by atoms with E-state index in [1.807, 2.05) is 19.1 Å². The molecule has 2 aromatic rings. The van der Waals surface area contributed by atoms with E-state index in [1.54, 1.807) is 13.0 Å². The van der Waals surface area contributed by atoms with Gasteiger partial charge in [0.1, 0.15) is 10.6 Å². The molecule has 18 heavy (non-hydrogen) atoms. The molecule has 4 nitrogen and oxygen atoms in total. The molecular formula is C12H11ClN2O2S. The lowest BCUT2D eigenvalue weighted by atomic mass is 10.2. The van der Waals surface area contributed by atoms with Crippen LogP contribution in [-0.4, -0.2) is 15.4 Å². The van der Waals surface area contributed by atoms with Gasteiger partial charge in [-0.1, -0.05) is 17.7 Å². The fraction of sp³-hybridized carbons (Fsp3) is 0.167. The lowest BCUT2D eigenvalue weighted by molar-refractivity contribution is 0.0697. The highest BCUT2D eigenvalue weighted by molar-refractivity contribution is 7.10. The van der Waals surface area contributed by atoms with Gasteiger partial charge in [0.25, 0.3) is 0 Å². The molecule has 1 heterocycles. The molecule has 0 saturated carbocycles. The maximum Gasteiger partial charge on any atom is 0.340 e. The van der Waals surface area contributed by atoms with E-state index in [4.69, 9.17) is 16.7 Å². The van der Waals surface area contributed by atoms with Gasteiger partial charge in [0.05, 0.1) is 5.69 Å². The van der Waals surface area contributed by atoms with E-state index in [1.165, 1.54) is 0 Å². The minimum atomic E-state index is -0.984. The summed E-state index contributed by atoms with van der Waals surface area (Å²) in [5.41, 5.74) is 2.43. The number of hydrogen-bond acceptors (Lipinski definition) is 4. The van der Waals surface area contributed by atoms with Crippen molar-refractivity contribution in [3.8, 4) is 0 Å². The van der Waals surface area contributed by atoms with E-state index >= 15 is 0 Å². The Labute approximate surface area is 113 Å². The second-order valence-corrected chi connectivity index (χ2v) is 5.05. The Hall–Kier alpha value is -1.59. The normalized spacial score (nSPS) is 10.4. The molecule has 1 aromatic heterocycles. The van der Waals surface area contributed by atoms with Crippen LogP contribution in [0.5, 0.6) is 0 Å². The van der Waals surface area contributed by atoms with Crippen LogP contribution in [0, 0.1) is 13.8 Å². The van der Waals surface area contributed by atoms with Gasteiger partial charge in [-0.25, -0.2) is 4.79 Å². The Bertz CT molecular complexity index is 610. The summed E-state index contributed by atoms with van der Waals surface area (Å²) >= 11 is 7.14. The molecule has 0 unspecified atom stereocenters. The zero-order chi connectivity index (χ0) is 13.3. The molecule has 0 aliphatic rings. The number of halogens is 1. The predicted molar refractivity (Wildman–Crippen MR) is 73.3 cm³/mol. The highest BCUT2D eigenvalue weighted by atomic mass is 35.5. The van der Waals surface area contributed by atoms with Crippen LogP contribution < -0.4 is 5.32 Å². The Morgan fingerprint density at radius 1 is 1.44 bits per heavy atom. The topological polar surface area (TPSA) is 62.2 Å². The number of hydrogen-bond donors (Lipinski definition) is 2. The van der Waals surface area contributed by atoms with E-state index < -0.39 is 5.97 Å². The van der Waals surface area contributed by atoms with Gasteiger partial charge in [-0.05, 0) is 43.1 Å². The SMILES string of the molecule is Cc1ccc(Nc2snc(C)c2C(=O)O)cc1Cl. The first-order valence-electron chi connectivity index (χ1n) is 5.22. The van der Waals surface area contributed by atoms with Gasteiger partial charge in [0.2, 0.25) is 0 Å². The van der Waals surface area contributed by atoms with Gasteiger partial charge in [0.15, 0.2) is 0 Å². The Kier molecular flexibility index (Phi) is 3.54. The molecule has 2 rings (SSSR count). The van der Waals surface area contributed by atoms with E-state index in [2.05, 4.69) is 9.69 Å². The van der Waals surface area contributed by atoms with Crippen molar-refractivity contribution < 1.29 is 9.90 Å². The number of aryl methyl sites for hydroxylation is 2. The maximum absolute atomic E-state index is 11.1. The number of nitrogens with one attached hydrogen (secondary N) is 1. The zero-order valence-corrected chi connectivity index (χ0v) is 11.4. The summed E-state index contributed by atoms with van der Waals surface area (Å²) in [6.07, 6.45) is 0. The predicted octanol–water partition coefficient (Wildman–Crippen LogP) is 3.86. The van der Waals surface area contributed by atoms with Crippen LogP contribution in [0.1, 0.15) is 21.6 Å². The van der Waals surface area contributed by atoms with E-state index in [9.17, 15) is 4.79 Å². The second kappa shape index (κ2) is 4.96. The van der Waals surface area contributed by atoms with Gasteiger partial charge < -0.3 is 10.4 Å². The number of rotatable bonds is 3. The summed E-state index contributed by atoms with van der Waals surface area (Å²) in [4.78, 5) is 11.1. The smallest absolute Gasteiger partial charge is 0.340 e. The van der Waals surface area contributed by atoms with Crippen LogP contribution in [-0.2, 0) is 0 Å². The molecule has 0 bridgehead atoms. The van der Waals surface area contributed by atoms with Crippen LogP contribution in [0.15, 0.2) is 18.2 Å².